The van der Waals surface area contributed by atoms with E-state index in [0.717, 1.165) is 15.8 Å². The zero-order chi connectivity index (χ0) is 29.9. The predicted octanol–water partition coefficient (Wildman–Crippen LogP) is 12.0. The monoisotopic (exact) mass is 638 g/mol. The zero-order valence-corrected chi connectivity index (χ0v) is 25.9. The van der Waals surface area contributed by atoms with Crippen molar-refractivity contribution in [3.05, 3.63) is 168 Å². The fourth-order valence-corrected chi connectivity index (χ4v) is 7.43. The molecule has 0 radical (unpaired) electrons. The molecule has 212 valence electrons. The summed E-state index contributed by atoms with van der Waals surface area (Å²) in [5.41, 5.74) is 11.9. The molecule has 7 aromatic carbocycles. The molecule has 45 heavy (non-hydrogen) atoms. The van der Waals surface area contributed by atoms with E-state index < -0.39 is 0 Å². The molecule has 0 saturated heterocycles. The lowest BCUT2D eigenvalue weighted by Gasteiger charge is -2.12. The Morgan fingerprint density at radius 2 is 0.711 bits per heavy atom. The van der Waals surface area contributed by atoms with Crippen LogP contribution in [0.5, 0.6) is 0 Å². The molecule has 0 fully saturated rings. The summed E-state index contributed by atoms with van der Waals surface area (Å²) < 4.78 is 5.81. The third kappa shape index (κ3) is 4.23. The van der Waals surface area contributed by atoms with Crippen LogP contribution < -0.4 is 0 Å². The summed E-state index contributed by atoms with van der Waals surface area (Å²) in [6.45, 7) is 0. The molecule has 0 aliphatic rings. The van der Waals surface area contributed by atoms with Crippen molar-refractivity contribution in [2.24, 2.45) is 0 Å². The number of hydrogen-bond acceptors (Lipinski definition) is 0. The number of rotatable bonds is 4. The van der Waals surface area contributed by atoms with Crippen molar-refractivity contribution in [3.8, 4) is 33.6 Å². The molecular weight excluding hydrogens is 612 g/mol. The molecule has 0 saturated carbocycles. The minimum absolute atomic E-state index is 1.06. The lowest BCUT2D eigenvalue weighted by atomic mass is 9.97. The van der Waals surface area contributed by atoms with Crippen LogP contribution in [0.3, 0.4) is 0 Å². The minimum atomic E-state index is 1.06. The average Bonchev–Trinajstić information content (AvgIpc) is 3.61. The predicted molar refractivity (Wildman–Crippen MR) is 194 cm³/mol. The van der Waals surface area contributed by atoms with E-state index in [2.05, 4.69) is 189 Å². The third-order valence-corrected chi connectivity index (χ3v) is 9.40. The van der Waals surface area contributed by atoms with Crippen LogP contribution in [-0.2, 0) is 0 Å². The Labute approximate surface area is 269 Å². The molecule has 0 amide bonds. The Bertz CT molecular complexity index is 2360. The molecule has 0 bridgehead atoms. The van der Waals surface area contributed by atoms with Crippen molar-refractivity contribution < 1.29 is 0 Å². The van der Waals surface area contributed by atoms with E-state index in [-0.39, 0.29) is 0 Å². The van der Waals surface area contributed by atoms with E-state index in [1.54, 1.807) is 0 Å². The van der Waals surface area contributed by atoms with E-state index in [4.69, 9.17) is 0 Å². The van der Waals surface area contributed by atoms with Crippen molar-refractivity contribution in [1.82, 2.24) is 9.13 Å². The molecule has 0 atom stereocenters. The largest absolute Gasteiger partial charge is 0.309 e. The van der Waals surface area contributed by atoms with Gasteiger partial charge >= 0.3 is 0 Å². The third-order valence-electron chi connectivity index (χ3n) is 8.94. The molecule has 2 nitrogen and oxygen atoms in total. The number of benzene rings is 7. The summed E-state index contributed by atoms with van der Waals surface area (Å²) in [6.07, 6.45) is 0. The van der Waals surface area contributed by atoms with Gasteiger partial charge in [0, 0.05) is 37.4 Å². The Balaban J connectivity index is 1.23. The number of hydrogen-bond donors (Lipinski definition) is 0. The van der Waals surface area contributed by atoms with E-state index in [1.807, 2.05) is 0 Å². The van der Waals surface area contributed by atoms with Crippen LogP contribution in [0.4, 0.5) is 0 Å². The minimum Gasteiger partial charge on any atom is -0.309 e. The Morgan fingerprint density at radius 1 is 0.311 bits per heavy atom. The molecule has 3 heteroatoms. The van der Waals surface area contributed by atoms with Crippen LogP contribution in [0.15, 0.2) is 168 Å². The zero-order valence-electron chi connectivity index (χ0n) is 24.4. The highest BCUT2D eigenvalue weighted by Gasteiger charge is 2.16. The molecule has 0 spiro atoms. The molecule has 9 rings (SSSR count). The topological polar surface area (TPSA) is 9.86 Å². The summed E-state index contributed by atoms with van der Waals surface area (Å²) in [4.78, 5) is 0. The van der Waals surface area contributed by atoms with Crippen molar-refractivity contribution in [2.45, 2.75) is 0 Å². The Morgan fingerprint density at radius 3 is 1.18 bits per heavy atom. The Kier molecular flexibility index (Phi) is 6.00. The summed E-state index contributed by atoms with van der Waals surface area (Å²) >= 11 is 3.86. The lowest BCUT2D eigenvalue weighted by molar-refractivity contribution is 1.18. The van der Waals surface area contributed by atoms with Crippen molar-refractivity contribution in [2.75, 3.05) is 0 Å². The van der Waals surface area contributed by atoms with Crippen LogP contribution >= 0.6 is 15.9 Å². The highest BCUT2D eigenvalue weighted by molar-refractivity contribution is 9.10. The van der Waals surface area contributed by atoms with Gasteiger partial charge in [-0.15, -0.1) is 0 Å². The van der Waals surface area contributed by atoms with Gasteiger partial charge in [0.15, 0.2) is 0 Å². The number of aromatic nitrogens is 2. The van der Waals surface area contributed by atoms with Crippen molar-refractivity contribution in [3.63, 3.8) is 0 Å². The summed E-state index contributed by atoms with van der Waals surface area (Å²) in [7, 11) is 0. The van der Waals surface area contributed by atoms with Gasteiger partial charge < -0.3 is 9.13 Å². The van der Waals surface area contributed by atoms with E-state index in [0.29, 0.717) is 0 Å². The second kappa shape index (κ2) is 10.4. The molecule has 2 heterocycles. The summed E-state index contributed by atoms with van der Waals surface area (Å²) in [5, 5.41) is 5.04. The lowest BCUT2D eigenvalue weighted by Crippen LogP contribution is -1.93. The maximum Gasteiger partial charge on any atom is 0.0547 e. The highest BCUT2D eigenvalue weighted by Crippen LogP contribution is 2.39. The second-order valence-corrected chi connectivity index (χ2v) is 12.5. The van der Waals surface area contributed by atoms with Gasteiger partial charge in [0.05, 0.1) is 22.1 Å². The molecule has 0 unspecified atom stereocenters. The van der Waals surface area contributed by atoms with Crippen LogP contribution in [0.2, 0.25) is 0 Å². The molecule has 2 aromatic heterocycles. The maximum absolute atomic E-state index is 3.86. The van der Waals surface area contributed by atoms with Gasteiger partial charge in [0.1, 0.15) is 0 Å². The first kappa shape index (κ1) is 26.1. The van der Waals surface area contributed by atoms with Gasteiger partial charge in [-0.2, -0.15) is 0 Å². The van der Waals surface area contributed by atoms with Gasteiger partial charge in [-0.1, -0.05) is 113 Å². The molecule has 0 aliphatic carbocycles. The molecule has 0 aliphatic heterocycles. The van der Waals surface area contributed by atoms with Crippen molar-refractivity contribution in [1.29, 1.82) is 0 Å². The maximum atomic E-state index is 3.86. The first-order valence-corrected chi connectivity index (χ1v) is 16.0. The van der Waals surface area contributed by atoms with Crippen LogP contribution in [0, 0.1) is 0 Å². The molecule has 0 N–H and O–H groups in total. The van der Waals surface area contributed by atoms with E-state index >= 15 is 0 Å². The highest BCUT2D eigenvalue weighted by atomic mass is 79.9. The van der Waals surface area contributed by atoms with E-state index in [9.17, 15) is 0 Å². The fourth-order valence-electron chi connectivity index (χ4n) is 6.93. The molecular formula is C42H27BrN2. The summed E-state index contributed by atoms with van der Waals surface area (Å²) in [6, 6.07) is 59.1. The fraction of sp³-hybridized carbons (Fsp3) is 0. The first-order valence-electron chi connectivity index (χ1n) is 15.2. The number of para-hydroxylation sites is 4. The van der Waals surface area contributed by atoms with Crippen LogP contribution in [-0.4, -0.2) is 9.13 Å². The normalized spacial score (nSPS) is 11.7. The molecule has 9 aromatic rings. The van der Waals surface area contributed by atoms with Crippen LogP contribution in [0.1, 0.15) is 0 Å². The standard InChI is InChI=1S/C42H27BrN2/c43-32-24-30(28-19-21-37-35-15-7-9-17-39(35)44(41(37)26-28)33-11-3-1-4-12-33)23-31(25-32)29-20-22-38-36-16-8-10-18-40(36)45(42(38)27-29)34-13-5-2-6-14-34/h1-27H. The van der Waals surface area contributed by atoms with E-state index in [1.165, 1.54) is 65.9 Å². The van der Waals surface area contributed by atoms with Gasteiger partial charge in [-0.25, -0.2) is 0 Å². The van der Waals surface area contributed by atoms with Gasteiger partial charge in [-0.3, -0.25) is 0 Å². The average molecular weight is 640 g/mol. The quantitative estimate of drug-likeness (QED) is 0.181. The first-order chi connectivity index (χ1) is 22.2. The van der Waals surface area contributed by atoms with Crippen molar-refractivity contribution >= 4 is 59.5 Å². The second-order valence-electron chi connectivity index (χ2n) is 11.6. The van der Waals surface area contributed by atoms with Gasteiger partial charge in [0.25, 0.3) is 0 Å². The Hall–Kier alpha value is -5.38. The smallest absolute Gasteiger partial charge is 0.0547 e. The van der Waals surface area contributed by atoms with Crippen LogP contribution in [0.25, 0.3) is 77.2 Å². The number of halogens is 1. The number of nitrogens with zero attached hydrogens (tertiary/aromatic N) is 2. The SMILES string of the molecule is Brc1cc(-c2ccc3c4ccccc4n(-c4ccccc4)c3c2)cc(-c2ccc3c4ccccc4n(-c4ccccc4)c3c2)c1. The number of fused-ring (bicyclic) bond motifs is 6. The van der Waals surface area contributed by atoms with Gasteiger partial charge in [-0.05, 0) is 89.0 Å². The summed E-state index contributed by atoms with van der Waals surface area (Å²) in [5.74, 6) is 0. The van der Waals surface area contributed by atoms with Gasteiger partial charge in [0.2, 0.25) is 0 Å².